The van der Waals surface area contributed by atoms with Gasteiger partial charge in [0.05, 0.1) is 0 Å². The summed E-state index contributed by atoms with van der Waals surface area (Å²) in [4.78, 5) is 12.4. The average molecular weight is 350 g/mol. The van der Waals surface area contributed by atoms with Gasteiger partial charge in [-0.3, -0.25) is 4.98 Å². The monoisotopic (exact) mass is 350 g/mol. The number of aromatic nitrogens is 6. The second-order valence-electron chi connectivity index (χ2n) is 5.80. The van der Waals surface area contributed by atoms with Crippen LogP contribution in [0.25, 0.3) is 11.4 Å². The first kappa shape index (κ1) is 17.1. The minimum absolute atomic E-state index is 0.0935. The van der Waals surface area contributed by atoms with E-state index in [9.17, 15) is 13.2 Å². The van der Waals surface area contributed by atoms with Crippen LogP contribution in [0.3, 0.4) is 0 Å². The van der Waals surface area contributed by atoms with Gasteiger partial charge in [-0.2, -0.15) is 18.3 Å². The zero-order chi connectivity index (χ0) is 18.0. The molecule has 0 spiro atoms. The summed E-state index contributed by atoms with van der Waals surface area (Å²) in [7, 11) is 0. The highest BCUT2D eigenvalue weighted by Gasteiger charge is 2.31. The quantitative estimate of drug-likeness (QED) is 0.709. The molecule has 3 heterocycles. The van der Waals surface area contributed by atoms with Crippen LogP contribution in [-0.2, 0) is 13.0 Å². The number of alkyl halides is 3. The van der Waals surface area contributed by atoms with E-state index in [1.54, 1.807) is 36.9 Å². The average Bonchev–Trinajstić information content (AvgIpc) is 3.13. The minimum Gasteiger partial charge on any atom is -0.332 e. The van der Waals surface area contributed by atoms with Crippen molar-refractivity contribution in [3.63, 3.8) is 0 Å². The van der Waals surface area contributed by atoms with Crippen molar-refractivity contribution in [3.8, 4) is 11.4 Å². The van der Waals surface area contributed by atoms with E-state index in [1.807, 2.05) is 18.4 Å². The molecule has 0 unspecified atom stereocenters. The van der Waals surface area contributed by atoms with Crippen molar-refractivity contribution in [1.29, 1.82) is 0 Å². The first-order chi connectivity index (χ1) is 11.8. The molecule has 0 aromatic carbocycles. The minimum atomic E-state index is -4.37. The third-order valence-electron chi connectivity index (χ3n) is 3.83. The third kappa shape index (κ3) is 4.04. The predicted octanol–water partition coefficient (Wildman–Crippen LogP) is 3.21. The molecule has 0 bridgehead atoms. The zero-order valence-corrected chi connectivity index (χ0v) is 13.8. The zero-order valence-electron chi connectivity index (χ0n) is 13.8. The van der Waals surface area contributed by atoms with Crippen LogP contribution in [0.5, 0.6) is 0 Å². The van der Waals surface area contributed by atoms with Gasteiger partial charge in [-0.15, -0.1) is 0 Å². The Hall–Kier alpha value is -2.71. The highest BCUT2D eigenvalue weighted by molar-refractivity contribution is 5.53. The number of hydrogen-bond donors (Lipinski definition) is 0. The number of aryl methyl sites for hydroxylation is 1. The summed E-state index contributed by atoms with van der Waals surface area (Å²) < 4.78 is 41.5. The maximum absolute atomic E-state index is 12.9. The van der Waals surface area contributed by atoms with Crippen molar-refractivity contribution in [1.82, 2.24) is 29.3 Å². The summed E-state index contributed by atoms with van der Waals surface area (Å²) in [6, 6.07) is 3.24. The molecule has 0 N–H and O–H groups in total. The molecule has 0 saturated carbocycles. The number of pyridine rings is 1. The lowest BCUT2D eigenvalue weighted by atomic mass is 10.2. The van der Waals surface area contributed by atoms with Crippen LogP contribution >= 0.6 is 0 Å². The lowest BCUT2D eigenvalue weighted by Gasteiger charge is -2.15. The molecule has 3 rings (SSSR count). The number of nitrogens with zero attached hydrogens (tertiary/aromatic N) is 6. The predicted molar refractivity (Wildman–Crippen MR) is 84.7 cm³/mol. The van der Waals surface area contributed by atoms with Gasteiger partial charge in [-0.05, 0) is 26.0 Å². The van der Waals surface area contributed by atoms with Crippen LogP contribution in [0.15, 0.2) is 36.9 Å². The van der Waals surface area contributed by atoms with Crippen molar-refractivity contribution in [2.75, 3.05) is 0 Å². The summed E-state index contributed by atoms with van der Waals surface area (Å²) in [6.45, 7) is 2.59. The van der Waals surface area contributed by atoms with Crippen LogP contribution < -0.4 is 0 Å². The molecule has 6 nitrogen and oxygen atoms in total. The van der Waals surface area contributed by atoms with E-state index >= 15 is 0 Å². The Labute approximate surface area is 142 Å². The van der Waals surface area contributed by atoms with Gasteiger partial charge in [-0.25, -0.2) is 14.6 Å². The van der Waals surface area contributed by atoms with E-state index < -0.39 is 12.7 Å². The van der Waals surface area contributed by atoms with E-state index in [0.717, 1.165) is 10.5 Å². The summed E-state index contributed by atoms with van der Waals surface area (Å²) in [5, 5.41) is 4.06. The first-order valence-electron chi connectivity index (χ1n) is 7.74. The van der Waals surface area contributed by atoms with Crippen molar-refractivity contribution in [3.05, 3.63) is 48.6 Å². The van der Waals surface area contributed by atoms with E-state index in [0.29, 0.717) is 12.0 Å². The number of hydrogen-bond acceptors (Lipinski definition) is 4. The number of imidazole rings is 1. The van der Waals surface area contributed by atoms with E-state index in [2.05, 4.69) is 20.1 Å². The Bertz CT molecular complexity index is 837. The van der Waals surface area contributed by atoms with Crippen molar-refractivity contribution >= 4 is 0 Å². The fourth-order valence-corrected chi connectivity index (χ4v) is 2.66. The van der Waals surface area contributed by atoms with Gasteiger partial charge in [0.2, 0.25) is 0 Å². The van der Waals surface area contributed by atoms with Gasteiger partial charge in [0.1, 0.15) is 18.2 Å². The molecule has 132 valence electrons. The second-order valence-corrected chi connectivity index (χ2v) is 5.80. The number of halogens is 3. The molecule has 1 atom stereocenters. The molecule has 3 aromatic rings. The van der Waals surface area contributed by atoms with Gasteiger partial charge in [-0.1, -0.05) is 0 Å². The molecule has 3 aromatic heterocycles. The first-order valence-corrected chi connectivity index (χ1v) is 7.74. The molecule has 0 saturated heterocycles. The Morgan fingerprint density at radius 2 is 1.88 bits per heavy atom. The molecule has 0 radical (unpaired) electrons. The van der Waals surface area contributed by atoms with Crippen LogP contribution in [-0.4, -0.2) is 35.5 Å². The molecule has 0 aliphatic rings. The van der Waals surface area contributed by atoms with Crippen LogP contribution in [0.1, 0.15) is 24.6 Å². The van der Waals surface area contributed by atoms with Crippen LogP contribution in [0.4, 0.5) is 13.2 Å². The maximum Gasteiger partial charge on any atom is 0.408 e. The lowest BCUT2D eigenvalue weighted by Crippen LogP contribution is -2.22. The molecule has 0 amide bonds. The summed E-state index contributed by atoms with van der Waals surface area (Å²) in [6.07, 6.45) is 2.51. The summed E-state index contributed by atoms with van der Waals surface area (Å²) >= 11 is 0. The fourth-order valence-electron chi connectivity index (χ4n) is 2.66. The molecule has 0 fully saturated rings. The van der Waals surface area contributed by atoms with Gasteiger partial charge < -0.3 is 4.57 Å². The summed E-state index contributed by atoms with van der Waals surface area (Å²) in [5.74, 6) is 1.34. The van der Waals surface area contributed by atoms with Gasteiger partial charge in [0.25, 0.3) is 0 Å². The Morgan fingerprint density at radius 1 is 1.16 bits per heavy atom. The smallest absolute Gasteiger partial charge is 0.332 e. The molecular formula is C16H17F3N6. The lowest BCUT2D eigenvalue weighted by molar-refractivity contribution is -0.143. The van der Waals surface area contributed by atoms with Crippen molar-refractivity contribution in [2.24, 2.45) is 0 Å². The molecule has 0 aliphatic heterocycles. The SMILES string of the molecule is Cc1nccn1[C@H](C)Cc1nc(-c2ccncc2)nn1CC(F)(F)F. The van der Waals surface area contributed by atoms with Gasteiger partial charge in [0.15, 0.2) is 5.82 Å². The fraction of sp³-hybridized carbons (Fsp3) is 0.375. The largest absolute Gasteiger partial charge is 0.408 e. The van der Waals surface area contributed by atoms with E-state index in [-0.39, 0.29) is 17.7 Å². The van der Waals surface area contributed by atoms with Crippen LogP contribution in [0, 0.1) is 6.92 Å². The highest BCUT2D eigenvalue weighted by atomic mass is 19.4. The Balaban J connectivity index is 1.93. The van der Waals surface area contributed by atoms with E-state index in [1.165, 1.54) is 0 Å². The molecule has 25 heavy (non-hydrogen) atoms. The normalized spacial score (nSPS) is 13.2. The number of rotatable bonds is 5. The highest BCUT2D eigenvalue weighted by Crippen LogP contribution is 2.23. The maximum atomic E-state index is 12.9. The Morgan fingerprint density at radius 3 is 2.48 bits per heavy atom. The molecule has 9 heteroatoms. The molecule has 0 aliphatic carbocycles. The topological polar surface area (TPSA) is 61.4 Å². The third-order valence-corrected chi connectivity index (χ3v) is 3.83. The van der Waals surface area contributed by atoms with Gasteiger partial charge >= 0.3 is 6.18 Å². The molecular weight excluding hydrogens is 333 g/mol. The Kier molecular flexibility index (Phi) is 4.56. The second kappa shape index (κ2) is 6.66. The van der Waals surface area contributed by atoms with Gasteiger partial charge in [0, 0.05) is 42.8 Å². The van der Waals surface area contributed by atoms with E-state index in [4.69, 9.17) is 0 Å². The van der Waals surface area contributed by atoms with Crippen molar-refractivity contribution < 1.29 is 13.2 Å². The summed E-state index contributed by atoms with van der Waals surface area (Å²) in [5.41, 5.74) is 0.628. The van der Waals surface area contributed by atoms with Crippen molar-refractivity contribution in [2.45, 2.75) is 39.0 Å². The standard InChI is InChI=1S/C16H17F3N6/c1-11(24-8-7-21-12(24)2)9-14-22-15(13-3-5-20-6-4-13)23-25(14)10-16(17,18)19/h3-8,11H,9-10H2,1-2H3/t11-/m1/s1. The van der Waals surface area contributed by atoms with Crippen LogP contribution in [0.2, 0.25) is 0 Å².